The first kappa shape index (κ1) is 16.8. The van der Waals surface area contributed by atoms with Crippen molar-refractivity contribution in [2.24, 2.45) is 0 Å². The Balaban J connectivity index is 1.77. The van der Waals surface area contributed by atoms with Crippen LogP contribution in [0.4, 0.5) is 10.5 Å². The molecule has 0 radical (unpaired) electrons. The summed E-state index contributed by atoms with van der Waals surface area (Å²) in [5.41, 5.74) is 2.54. The van der Waals surface area contributed by atoms with Crippen LogP contribution < -0.4 is 5.32 Å². The van der Waals surface area contributed by atoms with E-state index in [9.17, 15) is 4.79 Å². The number of halogens is 1. The van der Waals surface area contributed by atoms with Gasteiger partial charge in [-0.3, -0.25) is 0 Å². The molecule has 1 aromatic heterocycles. The number of carbonyl (C=O) groups excluding carboxylic acids is 1. The standard InChI is InChI=1S/C18H22ClN3O2/c1-11(2)17-10-15(21-24-17)16-5-4-8-22(16)18(23)20-14-9-13(19)7-6-12(14)3/h6-7,9-11,16H,4-5,8H2,1-3H3,(H,20,23). The molecule has 2 heterocycles. The fourth-order valence-corrected chi connectivity index (χ4v) is 3.14. The van der Waals surface area contributed by atoms with Crippen LogP contribution in [0.1, 0.15) is 55.7 Å². The second-order valence-corrected chi connectivity index (χ2v) is 6.99. The Morgan fingerprint density at radius 3 is 2.92 bits per heavy atom. The van der Waals surface area contributed by atoms with Crippen molar-refractivity contribution in [2.75, 3.05) is 11.9 Å². The normalized spacial score (nSPS) is 17.5. The van der Waals surface area contributed by atoms with Gasteiger partial charge in [0.1, 0.15) is 11.5 Å². The fourth-order valence-electron chi connectivity index (χ4n) is 2.97. The van der Waals surface area contributed by atoms with Crippen LogP contribution in [0.2, 0.25) is 5.02 Å². The summed E-state index contributed by atoms with van der Waals surface area (Å²) in [6.07, 6.45) is 1.85. The molecule has 6 heteroatoms. The van der Waals surface area contributed by atoms with Crippen LogP contribution in [0.25, 0.3) is 0 Å². The number of carbonyl (C=O) groups is 1. The summed E-state index contributed by atoms with van der Waals surface area (Å²) in [6.45, 7) is 6.77. The Kier molecular flexibility index (Phi) is 4.81. The monoisotopic (exact) mass is 347 g/mol. The van der Waals surface area contributed by atoms with Gasteiger partial charge in [0, 0.05) is 29.2 Å². The van der Waals surface area contributed by atoms with Crippen molar-refractivity contribution >= 4 is 23.3 Å². The Morgan fingerprint density at radius 2 is 2.21 bits per heavy atom. The SMILES string of the molecule is Cc1ccc(Cl)cc1NC(=O)N1CCCC1c1cc(C(C)C)on1. The van der Waals surface area contributed by atoms with Gasteiger partial charge in [-0.1, -0.05) is 36.7 Å². The molecule has 0 saturated carbocycles. The number of nitrogens with zero attached hydrogens (tertiary/aromatic N) is 2. The summed E-state index contributed by atoms with van der Waals surface area (Å²) in [4.78, 5) is 14.5. The molecule has 1 aromatic carbocycles. The van der Waals surface area contributed by atoms with E-state index in [0.29, 0.717) is 11.6 Å². The van der Waals surface area contributed by atoms with E-state index in [4.69, 9.17) is 16.1 Å². The third kappa shape index (κ3) is 3.41. The number of aromatic nitrogens is 1. The topological polar surface area (TPSA) is 58.4 Å². The van der Waals surface area contributed by atoms with E-state index in [2.05, 4.69) is 24.3 Å². The lowest BCUT2D eigenvalue weighted by Crippen LogP contribution is -2.34. The fraction of sp³-hybridized carbons (Fsp3) is 0.444. The largest absolute Gasteiger partial charge is 0.361 e. The van der Waals surface area contributed by atoms with Crippen molar-refractivity contribution in [3.8, 4) is 0 Å². The Morgan fingerprint density at radius 1 is 1.42 bits per heavy atom. The zero-order valence-electron chi connectivity index (χ0n) is 14.2. The number of nitrogens with one attached hydrogen (secondary N) is 1. The van der Waals surface area contributed by atoms with Gasteiger partial charge in [-0.05, 0) is 37.5 Å². The molecule has 2 aromatic rings. The molecule has 1 unspecified atom stereocenters. The molecule has 0 aliphatic carbocycles. The van der Waals surface area contributed by atoms with Crippen molar-refractivity contribution in [3.63, 3.8) is 0 Å². The molecule has 0 bridgehead atoms. The van der Waals surface area contributed by atoms with Gasteiger partial charge in [-0.25, -0.2) is 4.79 Å². The van der Waals surface area contributed by atoms with Crippen LogP contribution in [0.5, 0.6) is 0 Å². The first-order valence-electron chi connectivity index (χ1n) is 8.26. The number of aryl methyl sites for hydroxylation is 1. The van der Waals surface area contributed by atoms with Crippen molar-refractivity contribution < 1.29 is 9.32 Å². The van der Waals surface area contributed by atoms with E-state index in [1.807, 2.05) is 30.0 Å². The maximum atomic E-state index is 12.7. The molecule has 1 saturated heterocycles. The number of rotatable bonds is 3. The van der Waals surface area contributed by atoms with Gasteiger partial charge in [0.05, 0.1) is 6.04 Å². The first-order valence-corrected chi connectivity index (χ1v) is 8.64. The molecule has 5 nitrogen and oxygen atoms in total. The lowest BCUT2D eigenvalue weighted by molar-refractivity contribution is 0.204. The van der Waals surface area contributed by atoms with E-state index >= 15 is 0 Å². The predicted molar refractivity (Wildman–Crippen MR) is 94.5 cm³/mol. The van der Waals surface area contributed by atoms with E-state index in [0.717, 1.165) is 35.5 Å². The first-order chi connectivity index (χ1) is 11.5. The molecular weight excluding hydrogens is 326 g/mol. The minimum Gasteiger partial charge on any atom is -0.361 e. The van der Waals surface area contributed by atoms with Crippen LogP contribution >= 0.6 is 11.6 Å². The van der Waals surface area contributed by atoms with Gasteiger partial charge in [0.25, 0.3) is 0 Å². The summed E-state index contributed by atoms with van der Waals surface area (Å²) in [7, 11) is 0. The number of likely N-dealkylation sites (tertiary alicyclic amines) is 1. The molecule has 2 amide bonds. The maximum absolute atomic E-state index is 12.7. The van der Waals surface area contributed by atoms with Gasteiger partial charge in [-0.15, -0.1) is 0 Å². The van der Waals surface area contributed by atoms with Crippen LogP contribution in [0, 0.1) is 6.92 Å². The molecule has 128 valence electrons. The zero-order chi connectivity index (χ0) is 17.3. The molecule has 1 atom stereocenters. The summed E-state index contributed by atoms with van der Waals surface area (Å²) in [5.74, 6) is 1.13. The van der Waals surface area contributed by atoms with Crippen molar-refractivity contribution in [2.45, 2.75) is 45.6 Å². The van der Waals surface area contributed by atoms with E-state index in [-0.39, 0.29) is 18.0 Å². The highest BCUT2D eigenvalue weighted by Gasteiger charge is 2.32. The highest BCUT2D eigenvalue weighted by molar-refractivity contribution is 6.31. The van der Waals surface area contributed by atoms with Gasteiger partial charge in [-0.2, -0.15) is 0 Å². The van der Waals surface area contributed by atoms with Crippen molar-refractivity contribution in [1.82, 2.24) is 10.1 Å². The van der Waals surface area contributed by atoms with Crippen molar-refractivity contribution in [3.05, 3.63) is 46.3 Å². The third-order valence-corrected chi connectivity index (χ3v) is 4.65. The van der Waals surface area contributed by atoms with Crippen LogP contribution in [0.3, 0.4) is 0 Å². The quantitative estimate of drug-likeness (QED) is 0.837. The molecule has 0 spiro atoms. The Bertz CT molecular complexity index is 742. The predicted octanol–water partition coefficient (Wildman–Crippen LogP) is 5.13. The van der Waals surface area contributed by atoms with E-state index in [1.165, 1.54) is 0 Å². The highest BCUT2D eigenvalue weighted by atomic mass is 35.5. The van der Waals surface area contributed by atoms with Crippen LogP contribution in [-0.4, -0.2) is 22.6 Å². The van der Waals surface area contributed by atoms with E-state index in [1.54, 1.807) is 6.07 Å². The van der Waals surface area contributed by atoms with Crippen LogP contribution in [0.15, 0.2) is 28.8 Å². The van der Waals surface area contributed by atoms with Gasteiger partial charge in [0.2, 0.25) is 0 Å². The minimum atomic E-state index is -0.128. The molecule has 1 aliphatic rings. The summed E-state index contributed by atoms with van der Waals surface area (Å²) >= 11 is 6.03. The van der Waals surface area contributed by atoms with Crippen LogP contribution in [-0.2, 0) is 0 Å². The van der Waals surface area contributed by atoms with E-state index < -0.39 is 0 Å². The zero-order valence-corrected chi connectivity index (χ0v) is 14.9. The molecule has 1 fully saturated rings. The minimum absolute atomic E-state index is 0.0410. The lowest BCUT2D eigenvalue weighted by Gasteiger charge is -2.23. The summed E-state index contributed by atoms with van der Waals surface area (Å²) in [5, 5.41) is 7.74. The molecule has 3 rings (SSSR count). The van der Waals surface area contributed by atoms with Gasteiger partial charge >= 0.3 is 6.03 Å². The number of hydrogen-bond donors (Lipinski definition) is 1. The van der Waals surface area contributed by atoms with Gasteiger partial charge in [0.15, 0.2) is 0 Å². The number of amides is 2. The Labute approximate surface area is 147 Å². The van der Waals surface area contributed by atoms with Crippen molar-refractivity contribution in [1.29, 1.82) is 0 Å². The third-order valence-electron chi connectivity index (χ3n) is 4.41. The smallest absolute Gasteiger partial charge is 0.322 e. The molecule has 1 N–H and O–H groups in total. The lowest BCUT2D eigenvalue weighted by atomic mass is 10.1. The number of hydrogen-bond acceptors (Lipinski definition) is 3. The number of benzene rings is 1. The Hall–Kier alpha value is -2.01. The highest BCUT2D eigenvalue weighted by Crippen LogP contribution is 2.33. The number of anilines is 1. The second kappa shape index (κ2) is 6.85. The number of urea groups is 1. The molecule has 24 heavy (non-hydrogen) atoms. The second-order valence-electron chi connectivity index (χ2n) is 6.55. The summed E-state index contributed by atoms with van der Waals surface area (Å²) < 4.78 is 5.39. The molecular formula is C18H22ClN3O2. The summed E-state index contributed by atoms with van der Waals surface area (Å²) in [6, 6.07) is 7.27. The molecule has 1 aliphatic heterocycles. The maximum Gasteiger partial charge on any atom is 0.322 e. The average molecular weight is 348 g/mol. The van der Waals surface area contributed by atoms with Gasteiger partial charge < -0.3 is 14.7 Å². The average Bonchev–Trinajstić information content (AvgIpc) is 3.18.